The maximum absolute atomic E-state index is 9.23. The van der Waals surface area contributed by atoms with Gasteiger partial charge in [-0.1, -0.05) is 36.4 Å². The molecule has 4 nitrogen and oxygen atoms in total. The summed E-state index contributed by atoms with van der Waals surface area (Å²) >= 11 is 0. The summed E-state index contributed by atoms with van der Waals surface area (Å²) in [6.07, 6.45) is 0. The van der Waals surface area contributed by atoms with Crippen molar-refractivity contribution in [2.24, 2.45) is 0 Å². The quantitative estimate of drug-likeness (QED) is 0.437. The highest BCUT2D eigenvalue weighted by Crippen LogP contribution is 2.27. The zero-order valence-electron chi connectivity index (χ0n) is 15.1. The second-order valence-corrected chi connectivity index (χ2v) is 5.82. The zero-order valence-corrected chi connectivity index (χ0v) is 15.1. The van der Waals surface area contributed by atoms with Gasteiger partial charge in [0.1, 0.15) is 34.5 Å². The number of hydrogen-bond donors (Lipinski definition) is 2. The molecule has 0 amide bonds. The second-order valence-electron chi connectivity index (χ2n) is 5.82. The minimum absolute atomic E-state index is 0.217. The van der Waals surface area contributed by atoms with Crippen molar-refractivity contribution in [1.82, 2.24) is 0 Å². The molecule has 2 N–H and O–H groups in total. The number of ether oxygens (including phenoxy) is 2. The lowest BCUT2D eigenvalue weighted by molar-refractivity contribution is 0.461. The summed E-state index contributed by atoms with van der Waals surface area (Å²) in [5.41, 5.74) is 0. The molecule has 0 bridgehead atoms. The summed E-state index contributed by atoms with van der Waals surface area (Å²) in [6, 6.07) is 32.3. The van der Waals surface area contributed by atoms with Crippen molar-refractivity contribution >= 4 is 0 Å². The molecule has 0 atom stereocenters. The number of phenolic OH excluding ortho intramolecular Hbond substituents is 2. The number of benzene rings is 4. The van der Waals surface area contributed by atoms with E-state index >= 15 is 0 Å². The van der Waals surface area contributed by atoms with Gasteiger partial charge in [-0.25, -0.2) is 0 Å². The molecule has 0 unspecified atom stereocenters. The van der Waals surface area contributed by atoms with Crippen molar-refractivity contribution in [1.29, 1.82) is 0 Å². The van der Waals surface area contributed by atoms with E-state index in [1.165, 1.54) is 0 Å². The van der Waals surface area contributed by atoms with Gasteiger partial charge in [0.05, 0.1) is 0 Å². The van der Waals surface area contributed by atoms with E-state index in [2.05, 4.69) is 0 Å². The lowest BCUT2D eigenvalue weighted by Gasteiger charge is -2.08. The molecule has 4 heteroatoms. The third kappa shape index (κ3) is 6.11. The first kappa shape index (κ1) is 18.9. The average molecular weight is 372 g/mol. The highest BCUT2D eigenvalue weighted by Gasteiger charge is 2.00. The molecule has 4 aromatic carbocycles. The average Bonchev–Trinajstić information content (AvgIpc) is 2.73. The smallest absolute Gasteiger partial charge is 0.127 e. The predicted octanol–water partition coefficient (Wildman–Crippen LogP) is 6.37. The van der Waals surface area contributed by atoms with Crippen LogP contribution in [0.4, 0.5) is 0 Å². The van der Waals surface area contributed by atoms with Crippen molar-refractivity contribution in [3.05, 3.63) is 109 Å². The fourth-order valence-corrected chi connectivity index (χ4v) is 2.28. The molecule has 140 valence electrons. The molecule has 0 radical (unpaired) electrons. The number of rotatable bonds is 4. The van der Waals surface area contributed by atoms with Gasteiger partial charge in [-0.05, 0) is 72.8 Å². The van der Waals surface area contributed by atoms with Crippen LogP contribution in [-0.4, -0.2) is 10.2 Å². The molecule has 0 aliphatic carbocycles. The SMILES string of the molecule is Oc1ccc(Oc2ccc(Oc3ccccc3)cc2)cc1.Oc1ccccc1. The third-order valence-electron chi connectivity index (χ3n) is 3.63. The molecule has 0 saturated heterocycles. The van der Waals surface area contributed by atoms with Gasteiger partial charge in [0.2, 0.25) is 0 Å². The fraction of sp³-hybridized carbons (Fsp3) is 0. The molecule has 0 spiro atoms. The summed E-state index contributed by atoms with van der Waals surface area (Å²) < 4.78 is 11.4. The Labute approximate surface area is 163 Å². The highest BCUT2D eigenvalue weighted by molar-refractivity contribution is 5.38. The summed E-state index contributed by atoms with van der Waals surface area (Å²) in [4.78, 5) is 0. The molecule has 0 aromatic heterocycles. The molecule has 28 heavy (non-hydrogen) atoms. The lowest BCUT2D eigenvalue weighted by atomic mass is 10.3. The van der Waals surface area contributed by atoms with Crippen LogP contribution in [0.5, 0.6) is 34.5 Å². The maximum Gasteiger partial charge on any atom is 0.127 e. The first-order valence-electron chi connectivity index (χ1n) is 8.73. The van der Waals surface area contributed by atoms with Crippen molar-refractivity contribution < 1.29 is 19.7 Å². The molecule has 4 rings (SSSR count). The normalized spacial score (nSPS) is 9.71. The van der Waals surface area contributed by atoms with E-state index in [1.807, 2.05) is 60.7 Å². The fourth-order valence-electron chi connectivity index (χ4n) is 2.28. The topological polar surface area (TPSA) is 58.9 Å². The summed E-state index contributed by atoms with van der Waals surface area (Å²) in [6.45, 7) is 0. The van der Waals surface area contributed by atoms with Crippen LogP contribution in [-0.2, 0) is 0 Å². The maximum atomic E-state index is 9.23. The summed E-state index contributed by atoms with van der Waals surface area (Å²) in [5.74, 6) is 3.46. The van der Waals surface area contributed by atoms with Crippen molar-refractivity contribution in [2.45, 2.75) is 0 Å². The molecule has 0 fully saturated rings. The van der Waals surface area contributed by atoms with Gasteiger partial charge in [0.15, 0.2) is 0 Å². The largest absolute Gasteiger partial charge is 0.508 e. The number of aromatic hydroxyl groups is 2. The Morgan fingerprint density at radius 3 is 1.07 bits per heavy atom. The van der Waals surface area contributed by atoms with E-state index in [4.69, 9.17) is 14.6 Å². The zero-order chi connectivity index (χ0) is 19.6. The monoisotopic (exact) mass is 372 g/mol. The van der Waals surface area contributed by atoms with E-state index in [0.29, 0.717) is 17.2 Å². The lowest BCUT2D eigenvalue weighted by Crippen LogP contribution is -1.86. The van der Waals surface area contributed by atoms with Gasteiger partial charge in [0, 0.05) is 0 Å². The van der Waals surface area contributed by atoms with E-state index in [-0.39, 0.29) is 5.75 Å². The van der Waals surface area contributed by atoms with Crippen LogP contribution in [0.1, 0.15) is 0 Å². The van der Waals surface area contributed by atoms with E-state index in [1.54, 1.807) is 48.5 Å². The molecular formula is C24H20O4. The Bertz CT molecular complexity index is 951. The number of hydrogen-bond acceptors (Lipinski definition) is 4. The first-order chi connectivity index (χ1) is 13.7. The van der Waals surface area contributed by atoms with Crippen LogP contribution in [0.15, 0.2) is 109 Å². The van der Waals surface area contributed by atoms with Gasteiger partial charge in [0.25, 0.3) is 0 Å². The summed E-state index contributed by atoms with van der Waals surface area (Å²) in [5, 5.41) is 17.9. The van der Waals surface area contributed by atoms with Crippen LogP contribution < -0.4 is 9.47 Å². The summed E-state index contributed by atoms with van der Waals surface area (Å²) in [7, 11) is 0. The van der Waals surface area contributed by atoms with Crippen LogP contribution in [0, 0.1) is 0 Å². The van der Waals surface area contributed by atoms with Crippen LogP contribution in [0.2, 0.25) is 0 Å². The van der Waals surface area contributed by atoms with Gasteiger partial charge >= 0.3 is 0 Å². The van der Waals surface area contributed by atoms with E-state index in [9.17, 15) is 5.11 Å². The van der Waals surface area contributed by atoms with Crippen molar-refractivity contribution in [3.63, 3.8) is 0 Å². The van der Waals surface area contributed by atoms with Gasteiger partial charge in [-0.3, -0.25) is 0 Å². The Hall–Kier alpha value is -3.92. The molecular weight excluding hydrogens is 352 g/mol. The Balaban J connectivity index is 0.000000271. The van der Waals surface area contributed by atoms with E-state index < -0.39 is 0 Å². The van der Waals surface area contributed by atoms with Gasteiger partial charge < -0.3 is 19.7 Å². The molecule has 0 aliphatic rings. The standard InChI is InChI=1S/C18H14O3.C6H6O/c19-14-6-8-16(9-7-14)21-18-12-10-17(11-13-18)20-15-4-2-1-3-5-15;7-6-4-2-1-3-5-6/h1-13,19H;1-5,7H. The Kier molecular flexibility index (Phi) is 6.53. The van der Waals surface area contributed by atoms with Gasteiger partial charge in [-0.2, -0.15) is 0 Å². The van der Waals surface area contributed by atoms with E-state index in [0.717, 1.165) is 11.5 Å². The molecule has 4 aromatic rings. The minimum atomic E-state index is 0.217. The highest BCUT2D eigenvalue weighted by atomic mass is 16.5. The molecule has 0 heterocycles. The first-order valence-corrected chi connectivity index (χ1v) is 8.73. The van der Waals surface area contributed by atoms with Crippen LogP contribution in [0.3, 0.4) is 0 Å². The van der Waals surface area contributed by atoms with Crippen molar-refractivity contribution in [2.75, 3.05) is 0 Å². The predicted molar refractivity (Wildman–Crippen MR) is 109 cm³/mol. The third-order valence-corrected chi connectivity index (χ3v) is 3.63. The van der Waals surface area contributed by atoms with Crippen LogP contribution in [0.25, 0.3) is 0 Å². The minimum Gasteiger partial charge on any atom is -0.508 e. The Morgan fingerprint density at radius 1 is 0.357 bits per heavy atom. The van der Waals surface area contributed by atoms with Crippen LogP contribution >= 0.6 is 0 Å². The number of para-hydroxylation sites is 2. The molecule has 0 saturated carbocycles. The Morgan fingerprint density at radius 2 is 0.679 bits per heavy atom. The van der Waals surface area contributed by atoms with Gasteiger partial charge in [-0.15, -0.1) is 0 Å². The van der Waals surface area contributed by atoms with Crippen molar-refractivity contribution in [3.8, 4) is 34.5 Å². The molecule has 0 aliphatic heterocycles. The number of phenols is 2. The second kappa shape index (κ2) is 9.69.